The van der Waals surface area contributed by atoms with E-state index in [0.29, 0.717) is 12.1 Å². The Hall–Kier alpha value is -0.640. The van der Waals surface area contributed by atoms with Gasteiger partial charge in [-0.25, -0.2) is 4.98 Å². The highest BCUT2D eigenvalue weighted by Gasteiger charge is 2.20. The van der Waals surface area contributed by atoms with Gasteiger partial charge in [-0.2, -0.15) is 11.8 Å². The monoisotopic (exact) mass is 265 g/mol. The van der Waals surface area contributed by atoms with Gasteiger partial charge in [0.25, 0.3) is 0 Å². The minimum Gasteiger partial charge on any atom is -0.353 e. The SMILES string of the molecule is c1cn(C2CCSCC2)c(NC2CCCCC2)n1. The van der Waals surface area contributed by atoms with Crippen LogP contribution in [0, 0.1) is 0 Å². The molecule has 3 nitrogen and oxygen atoms in total. The Morgan fingerprint density at radius 3 is 2.67 bits per heavy atom. The van der Waals surface area contributed by atoms with Crippen molar-refractivity contribution in [2.45, 2.75) is 57.0 Å². The van der Waals surface area contributed by atoms with E-state index < -0.39 is 0 Å². The molecule has 2 fully saturated rings. The Morgan fingerprint density at radius 1 is 1.11 bits per heavy atom. The average molecular weight is 265 g/mol. The van der Waals surface area contributed by atoms with E-state index in [1.165, 1.54) is 56.5 Å². The standard InChI is InChI=1S/C14H23N3S/c1-2-4-12(5-3-1)16-14-15-8-9-17(14)13-6-10-18-11-7-13/h8-9,12-13H,1-7,10-11H2,(H,15,16). The van der Waals surface area contributed by atoms with E-state index in [1.54, 1.807) is 0 Å². The summed E-state index contributed by atoms with van der Waals surface area (Å²) in [5.41, 5.74) is 0. The van der Waals surface area contributed by atoms with Crippen molar-refractivity contribution in [3.63, 3.8) is 0 Å². The topological polar surface area (TPSA) is 29.9 Å². The first-order chi connectivity index (χ1) is 8.93. The van der Waals surface area contributed by atoms with Gasteiger partial charge in [0.05, 0.1) is 0 Å². The summed E-state index contributed by atoms with van der Waals surface area (Å²) in [6, 6.07) is 1.32. The predicted molar refractivity (Wildman–Crippen MR) is 78.3 cm³/mol. The van der Waals surface area contributed by atoms with Gasteiger partial charge in [-0.3, -0.25) is 0 Å². The van der Waals surface area contributed by atoms with Crippen LogP contribution in [-0.4, -0.2) is 27.1 Å². The summed E-state index contributed by atoms with van der Waals surface area (Å²) >= 11 is 2.08. The number of thioether (sulfide) groups is 1. The molecular weight excluding hydrogens is 242 g/mol. The highest BCUT2D eigenvalue weighted by atomic mass is 32.2. The van der Waals surface area contributed by atoms with Crippen LogP contribution < -0.4 is 5.32 Å². The molecule has 18 heavy (non-hydrogen) atoms. The molecule has 1 aromatic heterocycles. The fraction of sp³-hybridized carbons (Fsp3) is 0.786. The Kier molecular flexibility index (Phi) is 4.13. The summed E-state index contributed by atoms with van der Waals surface area (Å²) in [6.45, 7) is 0. The molecule has 0 radical (unpaired) electrons. The third kappa shape index (κ3) is 2.85. The average Bonchev–Trinajstić information content (AvgIpc) is 2.89. The van der Waals surface area contributed by atoms with Crippen molar-refractivity contribution in [2.24, 2.45) is 0 Å². The van der Waals surface area contributed by atoms with Gasteiger partial charge >= 0.3 is 0 Å². The van der Waals surface area contributed by atoms with Gasteiger partial charge in [0.2, 0.25) is 5.95 Å². The third-order valence-electron chi connectivity index (χ3n) is 4.19. The Labute approximate surface area is 114 Å². The van der Waals surface area contributed by atoms with Gasteiger partial charge in [0.1, 0.15) is 0 Å². The van der Waals surface area contributed by atoms with Crippen LogP contribution in [0.1, 0.15) is 51.0 Å². The maximum atomic E-state index is 4.53. The van der Waals surface area contributed by atoms with E-state index >= 15 is 0 Å². The van der Waals surface area contributed by atoms with Crippen LogP contribution in [0.15, 0.2) is 12.4 Å². The third-order valence-corrected chi connectivity index (χ3v) is 5.24. The number of aromatic nitrogens is 2. The van der Waals surface area contributed by atoms with Crippen LogP contribution in [0.3, 0.4) is 0 Å². The maximum absolute atomic E-state index is 4.53. The Bertz CT molecular complexity index is 365. The quantitative estimate of drug-likeness (QED) is 0.904. The van der Waals surface area contributed by atoms with Gasteiger partial charge in [0.15, 0.2) is 0 Å². The van der Waals surface area contributed by atoms with E-state index in [2.05, 4.69) is 32.8 Å². The first kappa shape index (κ1) is 12.4. The van der Waals surface area contributed by atoms with Crippen LogP contribution in [0.5, 0.6) is 0 Å². The largest absolute Gasteiger partial charge is 0.353 e. The van der Waals surface area contributed by atoms with Crippen molar-refractivity contribution in [1.82, 2.24) is 9.55 Å². The summed E-state index contributed by atoms with van der Waals surface area (Å²) in [5, 5.41) is 3.67. The summed E-state index contributed by atoms with van der Waals surface area (Å²) < 4.78 is 2.38. The number of hydrogen-bond donors (Lipinski definition) is 1. The molecule has 3 rings (SSSR count). The molecule has 0 unspecified atom stereocenters. The normalized spacial score (nSPS) is 23.1. The van der Waals surface area contributed by atoms with Crippen LogP contribution >= 0.6 is 11.8 Å². The van der Waals surface area contributed by atoms with Crippen LogP contribution in [0.25, 0.3) is 0 Å². The zero-order valence-corrected chi connectivity index (χ0v) is 11.8. The van der Waals surface area contributed by atoms with E-state index in [-0.39, 0.29) is 0 Å². The zero-order chi connectivity index (χ0) is 12.2. The van der Waals surface area contributed by atoms with Gasteiger partial charge in [-0.1, -0.05) is 19.3 Å². The van der Waals surface area contributed by atoms with Crippen molar-refractivity contribution < 1.29 is 0 Å². The molecule has 0 amide bonds. The summed E-state index contributed by atoms with van der Waals surface area (Å²) in [5.74, 6) is 3.70. The first-order valence-electron chi connectivity index (χ1n) is 7.30. The number of hydrogen-bond acceptors (Lipinski definition) is 3. The molecule has 1 saturated heterocycles. The van der Waals surface area contributed by atoms with Gasteiger partial charge in [0, 0.05) is 24.5 Å². The highest BCUT2D eigenvalue weighted by molar-refractivity contribution is 7.99. The summed E-state index contributed by atoms with van der Waals surface area (Å²) in [7, 11) is 0. The van der Waals surface area contributed by atoms with E-state index in [1.807, 2.05) is 6.20 Å². The first-order valence-corrected chi connectivity index (χ1v) is 8.46. The molecule has 0 atom stereocenters. The lowest BCUT2D eigenvalue weighted by Gasteiger charge is -2.27. The van der Waals surface area contributed by atoms with Gasteiger partial charge in [-0.05, 0) is 37.2 Å². The van der Waals surface area contributed by atoms with Gasteiger partial charge < -0.3 is 9.88 Å². The predicted octanol–water partition coefficient (Wildman–Crippen LogP) is 3.70. The van der Waals surface area contributed by atoms with Crippen LogP contribution in [0.2, 0.25) is 0 Å². The molecule has 2 heterocycles. The maximum Gasteiger partial charge on any atom is 0.203 e. The molecule has 1 aliphatic carbocycles. The van der Waals surface area contributed by atoms with Crippen molar-refractivity contribution in [2.75, 3.05) is 16.8 Å². The fourth-order valence-electron chi connectivity index (χ4n) is 3.11. The molecule has 1 aromatic rings. The second-order valence-corrected chi connectivity index (χ2v) is 6.71. The molecule has 0 spiro atoms. The number of imidazole rings is 1. The molecule has 0 aromatic carbocycles. The molecule has 4 heteroatoms. The summed E-state index contributed by atoms with van der Waals surface area (Å²) in [4.78, 5) is 4.53. The molecule has 0 bridgehead atoms. The highest BCUT2D eigenvalue weighted by Crippen LogP contribution is 2.30. The zero-order valence-electron chi connectivity index (χ0n) is 11.0. The molecule has 1 saturated carbocycles. The number of rotatable bonds is 3. The number of nitrogens with zero attached hydrogens (tertiary/aromatic N) is 2. The van der Waals surface area contributed by atoms with Crippen molar-refractivity contribution in [1.29, 1.82) is 0 Å². The lowest BCUT2D eigenvalue weighted by atomic mass is 9.96. The molecule has 100 valence electrons. The minimum atomic E-state index is 0.651. The Balaban J connectivity index is 1.66. The Morgan fingerprint density at radius 2 is 1.89 bits per heavy atom. The summed E-state index contributed by atoms with van der Waals surface area (Å²) in [6.07, 6.45) is 13.5. The van der Waals surface area contributed by atoms with Crippen molar-refractivity contribution in [3.05, 3.63) is 12.4 Å². The molecule has 1 aliphatic heterocycles. The fourth-order valence-corrected chi connectivity index (χ4v) is 4.19. The molecule has 2 aliphatic rings. The van der Waals surface area contributed by atoms with Crippen molar-refractivity contribution >= 4 is 17.7 Å². The lowest BCUT2D eigenvalue weighted by molar-refractivity contribution is 0.444. The van der Waals surface area contributed by atoms with Crippen LogP contribution in [0.4, 0.5) is 5.95 Å². The van der Waals surface area contributed by atoms with Gasteiger partial charge in [-0.15, -0.1) is 0 Å². The van der Waals surface area contributed by atoms with E-state index in [4.69, 9.17) is 0 Å². The van der Waals surface area contributed by atoms with E-state index in [0.717, 1.165) is 5.95 Å². The number of anilines is 1. The second kappa shape index (κ2) is 6.00. The minimum absolute atomic E-state index is 0.651. The van der Waals surface area contributed by atoms with Crippen LogP contribution in [-0.2, 0) is 0 Å². The second-order valence-electron chi connectivity index (χ2n) is 5.48. The van der Waals surface area contributed by atoms with E-state index in [9.17, 15) is 0 Å². The van der Waals surface area contributed by atoms with Crippen molar-refractivity contribution in [3.8, 4) is 0 Å². The number of nitrogens with one attached hydrogen (secondary N) is 1. The smallest absolute Gasteiger partial charge is 0.203 e. The molecule has 1 N–H and O–H groups in total. The lowest BCUT2D eigenvalue weighted by Crippen LogP contribution is -2.26. The molecular formula is C14H23N3S.